The maximum Gasteiger partial charge on any atom is 0.187 e. The van der Waals surface area contributed by atoms with Gasteiger partial charge in [0, 0.05) is 9.82 Å². The quantitative estimate of drug-likeness (QED) is 0.0579. The van der Waals surface area contributed by atoms with Gasteiger partial charge in [0.05, 0.1) is 58.3 Å². The Morgan fingerprint density at radius 3 is 0.531 bits per heavy atom. The molecule has 0 aromatic carbocycles. The van der Waals surface area contributed by atoms with E-state index in [4.69, 9.17) is 66.3 Å². The second-order valence-corrected chi connectivity index (χ2v) is 20.1. The van der Waals surface area contributed by atoms with Gasteiger partial charge in [0.15, 0.2) is 44.0 Å². The molecule has 21 heterocycles. The van der Waals surface area contributed by atoms with Crippen LogP contribution < -0.4 is 0 Å². The highest BCUT2D eigenvalue weighted by Crippen LogP contribution is 2.39. The zero-order valence-corrected chi connectivity index (χ0v) is 42.1. The minimum Gasteiger partial charge on any atom is -0.394 e. The Kier molecular flexibility index (Phi) is 22.0. The van der Waals surface area contributed by atoms with Gasteiger partial charge in [-0.3, -0.25) is 0 Å². The lowest BCUT2D eigenvalue weighted by molar-refractivity contribution is -0.395. The highest BCUT2D eigenvalue weighted by atomic mass is 16.8. The van der Waals surface area contributed by atoms with Crippen molar-refractivity contribution in [1.29, 1.82) is 0 Å². The number of nitrogens with zero attached hydrogens (tertiary/aromatic N) is 6. The Labute approximate surface area is 455 Å². The average molecular weight is 1190 g/mol. The van der Waals surface area contributed by atoms with E-state index in [-0.39, 0.29) is 0 Å². The summed E-state index contributed by atoms with van der Waals surface area (Å²) in [5, 5.41) is 218. The first-order valence-electron chi connectivity index (χ1n) is 25.4. The smallest absolute Gasteiger partial charge is 0.187 e. The Bertz CT molecular complexity index is 2080. The van der Waals surface area contributed by atoms with Gasteiger partial charge in [0.25, 0.3) is 0 Å². The first-order valence-corrected chi connectivity index (χ1v) is 25.4. The maximum atomic E-state index is 11.5. The van der Waals surface area contributed by atoms with Crippen LogP contribution in [0, 0.1) is 0 Å². The fourth-order valence-corrected chi connectivity index (χ4v) is 10.6. The van der Waals surface area contributed by atoms with E-state index in [1.54, 1.807) is 0 Å². The summed E-state index contributed by atoms with van der Waals surface area (Å²) in [6.07, 6.45) is -71.1. The van der Waals surface area contributed by atoms with Gasteiger partial charge in [-0.2, -0.15) is 0 Å². The number of rotatable bonds is 9. The third-order valence-corrected chi connectivity index (χ3v) is 15.1. The van der Waals surface area contributed by atoms with Crippen LogP contribution in [0.3, 0.4) is 0 Å². The molecule has 0 spiro atoms. The van der Waals surface area contributed by atoms with Crippen LogP contribution in [0.1, 0.15) is 0 Å². The van der Waals surface area contributed by atoms with E-state index in [9.17, 15) is 108 Å². The molecule has 0 radical (unpaired) electrons. The molecule has 35 unspecified atom stereocenters. The maximum absolute atomic E-state index is 11.5. The number of aliphatic hydroxyl groups excluding tert-OH is 19. The molecule has 14 bridgehead atoms. The predicted molar refractivity (Wildman–Crippen MR) is 242 cm³/mol. The normalized spacial score (nSPS) is 52.9. The van der Waals surface area contributed by atoms with E-state index in [1.165, 1.54) is 0 Å². The number of ether oxygens (including phenoxy) is 14. The Hall–Kier alpha value is -2.70. The van der Waals surface area contributed by atoms with Crippen LogP contribution in [0.4, 0.5) is 0 Å². The van der Waals surface area contributed by atoms with Crippen molar-refractivity contribution in [3.8, 4) is 0 Å². The second-order valence-electron chi connectivity index (χ2n) is 20.1. The third-order valence-electron chi connectivity index (χ3n) is 15.1. The van der Waals surface area contributed by atoms with Crippen molar-refractivity contribution in [2.45, 2.75) is 215 Å². The highest BCUT2D eigenvalue weighted by Gasteiger charge is 2.59. The summed E-state index contributed by atoms with van der Waals surface area (Å²) in [5.74, 6) is 0. The van der Waals surface area contributed by atoms with Gasteiger partial charge in [-0.15, -0.1) is 0 Å². The molecule has 0 aromatic rings. The molecule has 464 valence electrons. The summed E-state index contributed by atoms with van der Waals surface area (Å²) in [6, 6.07) is 0. The lowest BCUT2D eigenvalue weighted by Gasteiger charge is -2.50. The molecule has 21 aliphatic heterocycles. The molecule has 0 saturated carbocycles. The van der Waals surface area contributed by atoms with Crippen LogP contribution in [0.2, 0.25) is 0 Å². The van der Waals surface area contributed by atoms with Crippen molar-refractivity contribution in [1.82, 2.24) is 0 Å². The zero-order valence-electron chi connectivity index (χ0n) is 42.1. The second kappa shape index (κ2) is 27.8. The van der Waals surface area contributed by atoms with Crippen molar-refractivity contribution in [3.63, 3.8) is 0 Å². The molecule has 0 amide bonds. The molecule has 0 aromatic heterocycles. The van der Waals surface area contributed by atoms with Crippen molar-refractivity contribution in [2.24, 2.45) is 10.2 Å². The molecule has 39 heteroatoms. The average Bonchev–Trinajstić information content (AvgIpc) is 3.60. The number of hydrogen-bond acceptors (Lipinski definition) is 35. The van der Waals surface area contributed by atoms with Crippen LogP contribution in [0.15, 0.2) is 10.2 Å². The number of aliphatic hydroxyl groups is 19. The van der Waals surface area contributed by atoms with Crippen LogP contribution >= 0.6 is 0 Å². The molecular formula is C42H68N6O33. The summed E-state index contributed by atoms with van der Waals surface area (Å²) in [6.45, 7) is -6.84. The molecular weight excluding hydrogens is 1120 g/mol. The summed E-state index contributed by atoms with van der Waals surface area (Å²) >= 11 is 0. The first kappa shape index (κ1) is 64.3. The number of hydrogen-bond donors (Lipinski definition) is 19. The molecule has 19 N–H and O–H groups in total. The van der Waals surface area contributed by atoms with E-state index in [0.29, 0.717) is 0 Å². The van der Waals surface area contributed by atoms with Gasteiger partial charge < -0.3 is 163 Å². The van der Waals surface area contributed by atoms with Crippen molar-refractivity contribution >= 4 is 0 Å². The molecule has 81 heavy (non-hydrogen) atoms. The molecule has 21 fully saturated rings. The Morgan fingerprint density at radius 1 is 0.235 bits per heavy atom. The Balaban J connectivity index is 1.10. The summed E-state index contributed by atoms with van der Waals surface area (Å²) in [7, 11) is 0. The van der Waals surface area contributed by atoms with Crippen molar-refractivity contribution < 1.29 is 163 Å². The monoisotopic (exact) mass is 1180 g/mol. The summed E-state index contributed by atoms with van der Waals surface area (Å²) < 4.78 is 80.3. The van der Waals surface area contributed by atoms with E-state index in [1.807, 2.05) is 0 Å². The fourth-order valence-electron chi connectivity index (χ4n) is 10.6. The zero-order chi connectivity index (χ0) is 58.9. The fraction of sp³-hybridized carbons (Fsp3) is 1.00. The van der Waals surface area contributed by atoms with Crippen LogP contribution in [0.5, 0.6) is 0 Å². The van der Waals surface area contributed by atoms with Crippen molar-refractivity contribution in [2.75, 3.05) is 46.1 Å². The molecule has 21 rings (SSSR count). The molecule has 21 aliphatic rings. The minimum atomic E-state index is -2.24. The van der Waals surface area contributed by atoms with Gasteiger partial charge in [-0.05, 0) is 11.1 Å². The highest BCUT2D eigenvalue weighted by molar-refractivity contribution is 5.02. The standard InChI is InChI=1S/C42H68N6O33/c43-47-45-1-8-29-16(55)23(62)37(69-8)78-32-11(4-50)73-41(27(66)20(32)59)81-35-14(7-53)74-42(28(67)21(35)60)80-34-13(6-52)71-39(25(64)18(34)57)76-30-9(2-46-48-44)68-36(22(61)15(30)54)77-31-10(3-49)72-40(26(65)19(31)58)79-33-12(5-51)70-38(75-29)24(63)17(33)56/h8-42,49-67H,1-7H2. The van der Waals surface area contributed by atoms with Gasteiger partial charge in [0.1, 0.15) is 159 Å². The van der Waals surface area contributed by atoms with E-state index in [2.05, 4.69) is 20.1 Å². The van der Waals surface area contributed by atoms with Gasteiger partial charge in [-0.25, -0.2) is 0 Å². The topological polar surface area (TPSA) is 611 Å². The lowest BCUT2D eigenvalue weighted by atomic mass is 9.95. The van der Waals surface area contributed by atoms with Crippen LogP contribution in [-0.4, -0.2) is 358 Å². The first-order chi connectivity index (χ1) is 38.7. The predicted octanol–water partition coefficient (Wildman–Crippen LogP) is -12.6. The van der Waals surface area contributed by atoms with Crippen LogP contribution in [-0.2, 0) is 66.3 Å². The van der Waals surface area contributed by atoms with E-state index < -0.39 is 261 Å². The van der Waals surface area contributed by atoms with Gasteiger partial charge >= 0.3 is 0 Å². The van der Waals surface area contributed by atoms with E-state index in [0.717, 1.165) is 0 Å². The van der Waals surface area contributed by atoms with Gasteiger partial charge in [0.2, 0.25) is 0 Å². The molecule has 35 atom stereocenters. The molecule has 0 aliphatic carbocycles. The molecule has 21 saturated heterocycles. The third kappa shape index (κ3) is 13.0. The Morgan fingerprint density at radius 2 is 0.383 bits per heavy atom. The van der Waals surface area contributed by atoms with Gasteiger partial charge in [-0.1, -0.05) is 10.2 Å². The van der Waals surface area contributed by atoms with E-state index >= 15 is 0 Å². The number of azide groups is 2. The largest absolute Gasteiger partial charge is 0.394 e. The SMILES string of the molecule is [N-]=[N+]=NCC1OC2OC3C(CO)OC(OC4C(CO)OC(OC5C(CN=[N+]=[N-])OC(OC6C(CO)OC(OC7C(CO)OC(OC8C(CO)OC(OC1C(O)C2O)C(O)C8O)C(O)C7O)C(O)C6O)C(O)C5O)C(O)C4O)C(O)C3O. The van der Waals surface area contributed by atoms with Crippen LogP contribution in [0.25, 0.3) is 20.9 Å². The summed E-state index contributed by atoms with van der Waals surface area (Å²) in [5.41, 5.74) is 18.4. The summed E-state index contributed by atoms with van der Waals surface area (Å²) in [4.78, 5) is 5.27. The molecule has 39 nitrogen and oxygen atoms in total. The minimum absolute atomic E-state index is 0.750. The lowest BCUT2D eigenvalue weighted by Crippen LogP contribution is -2.68. The van der Waals surface area contributed by atoms with Crippen molar-refractivity contribution in [3.05, 3.63) is 20.9 Å².